The van der Waals surface area contributed by atoms with Gasteiger partial charge in [-0.25, -0.2) is 0 Å². The number of halogens is 6. The Balaban J connectivity index is 1.32. The molecule has 0 aromatic heterocycles. The van der Waals surface area contributed by atoms with Crippen LogP contribution in [0.5, 0.6) is 11.5 Å². The second-order valence-corrected chi connectivity index (χ2v) is 20.9. The molecule has 18 nitrogen and oxygen atoms in total. The number of alkyl halides is 6. The summed E-state index contributed by atoms with van der Waals surface area (Å²) in [6.07, 6.45) is -11.4. The van der Waals surface area contributed by atoms with Crippen molar-refractivity contribution in [2.75, 3.05) is 72.4 Å². The van der Waals surface area contributed by atoms with Gasteiger partial charge in [-0.2, -0.15) is 26.3 Å². The van der Waals surface area contributed by atoms with Crippen LogP contribution in [-0.2, 0) is 38.9 Å². The van der Waals surface area contributed by atoms with Gasteiger partial charge in [-0.15, -0.1) is 0 Å². The molecule has 0 bridgehead atoms. The van der Waals surface area contributed by atoms with E-state index in [1.807, 2.05) is 5.32 Å². The van der Waals surface area contributed by atoms with Crippen molar-refractivity contribution in [2.24, 2.45) is 0 Å². The Morgan fingerprint density at radius 3 is 1.10 bits per heavy atom. The van der Waals surface area contributed by atoms with E-state index in [1.165, 1.54) is 84.9 Å². The Morgan fingerprint density at radius 1 is 0.412 bits per heavy atom. The van der Waals surface area contributed by atoms with Crippen LogP contribution in [0, 0.1) is 0 Å². The summed E-state index contributed by atoms with van der Waals surface area (Å²) in [4.78, 5) is 54.4. The first-order chi connectivity index (χ1) is 38.0. The number of amides is 4. The molecule has 0 heterocycles. The number of anilines is 6. The van der Waals surface area contributed by atoms with Gasteiger partial charge in [0, 0.05) is 79.0 Å². The Bertz CT molecular complexity index is 3100. The summed E-state index contributed by atoms with van der Waals surface area (Å²) < 4.78 is 138. The van der Waals surface area contributed by atoms with E-state index in [0.29, 0.717) is 17.4 Å². The summed E-state index contributed by atoms with van der Waals surface area (Å²) in [5, 5.41) is 9.95. The molecule has 0 saturated carbocycles. The summed E-state index contributed by atoms with van der Waals surface area (Å²) in [5.41, 5.74) is 5.51. The lowest BCUT2D eigenvalue weighted by Crippen LogP contribution is -2.52. The first kappa shape index (κ1) is 61.4. The third kappa shape index (κ3) is 15.5. The molecular formula is C54H58F6N6O12Si2. The first-order valence-electron chi connectivity index (χ1n) is 24.9. The van der Waals surface area contributed by atoms with Gasteiger partial charge >= 0.3 is 30.4 Å². The van der Waals surface area contributed by atoms with Crippen molar-refractivity contribution < 1.29 is 80.9 Å². The molecule has 6 aromatic rings. The average Bonchev–Trinajstić information content (AvgIpc) is 3.46. The molecular weight excluding hydrogens is 1090 g/mol. The van der Waals surface area contributed by atoms with Crippen LogP contribution in [0.2, 0.25) is 0 Å². The van der Waals surface area contributed by atoms with Crippen molar-refractivity contribution in [3.05, 3.63) is 155 Å². The highest BCUT2D eigenvalue weighted by atomic mass is 28.4. The fraction of sp³-hybridized carbons (Fsp3) is 0.259. The molecule has 0 spiro atoms. The van der Waals surface area contributed by atoms with Crippen LogP contribution in [0.4, 0.5) is 60.5 Å². The van der Waals surface area contributed by atoms with Gasteiger partial charge < -0.3 is 68.1 Å². The van der Waals surface area contributed by atoms with E-state index < -0.39 is 82.0 Å². The largest absolute Gasteiger partial charge is 0.749 e. The molecule has 0 aliphatic carbocycles. The molecule has 0 fully saturated rings. The molecule has 0 radical (unpaired) electrons. The third-order valence-corrected chi connectivity index (χ3v) is 16.0. The fourth-order valence-corrected chi connectivity index (χ4v) is 11.6. The maximum Gasteiger partial charge on any atom is 0.749 e. The van der Waals surface area contributed by atoms with Crippen molar-refractivity contribution in [1.29, 1.82) is 0 Å². The number of carbonyl (C=O) groups is 4. The van der Waals surface area contributed by atoms with E-state index in [4.69, 9.17) is 46.9 Å². The molecule has 26 heteroatoms. The van der Waals surface area contributed by atoms with Gasteiger partial charge in [0.1, 0.15) is 11.5 Å². The number of nitrogens with two attached hydrogens (primary N) is 2. The summed E-state index contributed by atoms with van der Waals surface area (Å²) in [6.45, 7) is 10.3. The molecule has 0 aliphatic rings. The molecule has 80 heavy (non-hydrogen) atoms. The molecule has 0 atom stereocenters. The molecule has 6 aromatic carbocycles. The second-order valence-electron chi connectivity index (χ2n) is 16.8. The minimum atomic E-state index is -5.70. The van der Waals surface area contributed by atoms with Crippen LogP contribution < -0.4 is 41.6 Å². The molecule has 0 aliphatic heterocycles. The molecule has 426 valence electrons. The number of nitrogen functional groups attached to an aromatic ring is 2. The van der Waals surface area contributed by atoms with Gasteiger partial charge in [0.15, 0.2) is 0 Å². The van der Waals surface area contributed by atoms with Gasteiger partial charge in [0.25, 0.3) is 23.6 Å². The number of carbonyl (C=O) groups excluding carboxylic acids is 4. The molecule has 0 unspecified atom stereocenters. The predicted molar refractivity (Wildman–Crippen MR) is 291 cm³/mol. The number of nitrogens with one attached hydrogen (secondary N) is 4. The zero-order valence-corrected chi connectivity index (χ0v) is 46.1. The van der Waals surface area contributed by atoms with Gasteiger partial charge in [-0.1, -0.05) is 18.2 Å². The topological polar surface area (TPSA) is 242 Å². The van der Waals surface area contributed by atoms with E-state index in [1.54, 1.807) is 41.5 Å². The maximum absolute atomic E-state index is 15.1. The summed E-state index contributed by atoms with van der Waals surface area (Å²) >= 11 is 0. The highest BCUT2D eigenvalue weighted by Gasteiger charge is 2.50. The minimum Gasteiger partial charge on any atom is -0.478 e. The summed E-state index contributed by atoms with van der Waals surface area (Å²) in [6, 6.07) is 25.2. The number of benzene rings is 6. The van der Waals surface area contributed by atoms with Crippen molar-refractivity contribution >= 4 is 75.8 Å². The number of hydrogen-bond donors (Lipinski definition) is 6. The zero-order chi connectivity index (χ0) is 58.4. The van der Waals surface area contributed by atoms with Crippen LogP contribution in [-0.4, -0.2) is 81.4 Å². The molecule has 6 rings (SSSR count). The molecule has 0 saturated heterocycles. The number of hydrogen-bond acceptors (Lipinski definition) is 14. The van der Waals surface area contributed by atoms with E-state index >= 15 is 26.3 Å². The quantitative estimate of drug-likeness (QED) is 0.0178. The first-order valence-corrected chi connectivity index (χ1v) is 28.2. The molecule has 4 amide bonds. The number of rotatable bonds is 25. The Labute approximate surface area is 458 Å². The smallest absolute Gasteiger partial charge is 0.478 e. The average molecular weight is 1150 g/mol. The van der Waals surface area contributed by atoms with Gasteiger partial charge in [-0.05, 0) is 156 Å². The Kier molecular flexibility index (Phi) is 20.6. The highest BCUT2D eigenvalue weighted by Crippen LogP contribution is 2.49. The van der Waals surface area contributed by atoms with E-state index in [0.717, 1.165) is 30.3 Å². The SMILES string of the molecule is CCO[Si](OCC)(OCC)Oc1cc(C(=O)Nc2ccc(-c3ccc(NC(=O)c4ccc(NC(=O)c5ccc(N)cc5)c(O[Si](OCC)(OCC)OCC)c4)c(C(F)(F)F)c3C(F)(F)F)cc2)ccc1NC(=O)c1ccc(N)cc1. The molecule has 8 N–H and O–H groups in total. The fourth-order valence-electron chi connectivity index (χ4n) is 7.78. The van der Waals surface area contributed by atoms with Crippen LogP contribution in [0.25, 0.3) is 11.1 Å². The van der Waals surface area contributed by atoms with E-state index in [-0.39, 0.29) is 90.5 Å². The second kappa shape index (κ2) is 26.9. The highest BCUT2D eigenvalue weighted by molar-refractivity contribution is 6.55. The lowest BCUT2D eigenvalue weighted by atomic mass is 9.92. The van der Waals surface area contributed by atoms with E-state index in [9.17, 15) is 19.2 Å². The van der Waals surface area contributed by atoms with E-state index in [2.05, 4.69) is 16.0 Å². The van der Waals surface area contributed by atoms with Crippen LogP contribution >= 0.6 is 0 Å². The summed E-state index contributed by atoms with van der Waals surface area (Å²) in [5.74, 6) is -3.67. The lowest BCUT2D eigenvalue weighted by molar-refractivity contribution is -0.161. The normalized spacial score (nSPS) is 11.9. The Hall–Kier alpha value is -7.83. The van der Waals surface area contributed by atoms with Gasteiger partial charge in [-0.3, -0.25) is 19.2 Å². The van der Waals surface area contributed by atoms with Crippen molar-refractivity contribution in [3.63, 3.8) is 0 Å². The van der Waals surface area contributed by atoms with Crippen molar-refractivity contribution in [3.8, 4) is 22.6 Å². The monoisotopic (exact) mass is 1150 g/mol. The summed E-state index contributed by atoms with van der Waals surface area (Å²) in [7, 11) is -8.09. The van der Waals surface area contributed by atoms with Crippen LogP contribution in [0.15, 0.2) is 121 Å². The van der Waals surface area contributed by atoms with Gasteiger partial charge in [0.2, 0.25) is 0 Å². The minimum absolute atomic E-state index is 0.0139. The predicted octanol–water partition coefficient (Wildman–Crippen LogP) is 11.4. The van der Waals surface area contributed by atoms with Gasteiger partial charge in [0.05, 0.1) is 28.2 Å². The standard InChI is InChI=1S/C54H58F6N6O12Si2/c1-7-71-79(72-8-2,73-9-3)77-45-31-36(19-28-42(45)64-49(67)34-13-21-38(61)22-14-34)51(69)63-40-25-17-33(18-26-40)41-27-30-44(48(54(58,59)60)47(41)53(55,56)57)66-52(70)37-20-29-43(65-50(68)35-15-23-39(62)24-16-35)46(32-37)78-80(74-10-4,75-11-5)76-12-6/h13-32H,7-12,61-62H2,1-6H3,(H,63,69)(H,64,67)(H,65,68)(H,66,70). The Morgan fingerprint density at radius 2 is 0.738 bits per heavy atom. The van der Waals surface area contributed by atoms with Crippen LogP contribution in [0.1, 0.15) is 94.1 Å². The van der Waals surface area contributed by atoms with Crippen molar-refractivity contribution in [2.45, 2.75) is 53.9 Å². The van der Waals surface area contributed by atoms with Crippen molar-refractivity contribution in [1.82, 2.24) is 0 Å². The third-order valence-electron chi connectivity index (χ3n) is 11.2. The maximum atomic E-state index is 15.1. The van der Waals surface area contributed by atoms with Crippen LogP contribution in [0.3, 0.4) is 0 Å². The lowest BCUT2D eigenvalue weighted by Gasteiger charge is -2.28. The zero-order valence-electron chi connectivity index (χ0n) is 44.1.